The first-order valence-electron chi connectivity index (χ1n) is 4.74. The van der Waals surface area contributed by atoms with Crippen molar-refractivity contribution in [2.45, 2.75) is 0 Å². The van der Waals surface area contributed by atoms with E-state index in [1.165, 1.54) is 11.3 Å². The van der Waals surface area contributed by atoms with Crippen LogP contribution < -0.4 is 11.1 Å². The van der Waals surface area contributed by atoms with Crippen LogP contribution in [-0.4, -0.2) is 17.9 Å². The smallest absolute Gasteiger partial charge is 0.251 e. The molecule has 1 heterocycles. The Morgan fingerprint density at radius 1 is 1.38 bits per heavy atom. The van der Waals surface area contributed by atoms with Gasteiger partial charge in [-0.25, -0.2) is 4.98 Å². The molecule has 1 amide bonds. The van der Waals surface area contributed by atoms with E-state index in [-0.39, 0.29) is 5.91 Å². The third kappa shape index (κ3) is 2.04. The fraction of sp³-hybridized carbons (Fsp3) is 0.0909. The van der Waals surface area contributed by atoms with Crippen LogP contribution in [-0.2, 0) is 0 Å². The van der Waals surface area contributed by atoms with Crippen molar-refractivity contribution in [3.8, 4) is 10.4 Å². The summed E-state index contributed by atoms with van der Waals surface area (Å²) in [6.45, 7) is 0. The van der Waals surface area contributed by atoms with E-state index in [9.17, 15) is 4.79 Å². The van der Waals surface area contributed by atoms with Gasteiger partial charge in [0.05, 0.1) is 4.88 Å². The van der Waals surface area contributed by atoms with Crippen molar-refractivity contribution in [1.82, 2.24) is 10.3 Å². The molecule has 0 atom stereocenters. The van der Waals surface area contributed by atoms with Crippen LogP contribution in [0.2, 0.25) is 0 Å². The molecule has 1 aromatic heterocycles. The number of benzene rings is 1. The molecule has 0 saturated carbocycles. The van der Waals surface area contributed by atoms with Gasteiger partial charge in [0.25, 0.3) is 5.91 Å². The van der Waals surface area contributed by atoms with Gasteiger partial charge in [0, 0.05) is 18.8 Å². The SMILES string of the molecule is CNC(=O)c1ccc(-c2cnc(N)s2)cc1. The summed E-state index contributed by atoms with van der Waals surface area (Å²) >= 11 is 1.43. The van der Waals surface area contributed by atoms with Crippen LogP contribution in [0.25, 0.3) is 10.4 Å². The van der Waals surface area contributed by atoms with E-state index in [1.807, 2.05) is 12.1 Å². The fourth-order valence-electron chi connectivity index (χ4n) is 1.35. The van der Waals surface area contributed by atoms with Gasteiger partial charge in [0.2, 0.25) is 0 Å². The number of hydrogen-bond donors (Lipinski definition) is 2. The Bertz CT molecular complexity index is 504. The van der Waals surface area contributed by atoms with Crippen molar-refractivity contribution >= 4 is 22.4 Å². The Hall–Kier alpha value is -1.88. The number of carbonyl (C=O) groups excluding carboxylic acids is 1. The first-order valence-corrected chi connectivity index (χ1v) is 5.56. The molecule has 0 unspecified atom stereocenters. The molecule has 0 spiro atoms. The summed E-state index contributed by atoms with van der Waals surface area (Å²) in [5.74, 6) is -0.0876. The number of nitrogens with one attached hydrogen (secondary N) is 1. The van der Waals surface area contributed by atoms with Crippen LogP contribution in [0, 0.1) is 0 Å². The van der Waals surface area contributed by atoms with Gasteiger partial charge in [0.1, 0.15) is 0 Å². The van der Waals surface area contributed by atoms with E-state index in [2.05, 4.69) is 10.3 Å². The molecule has 0 aliphatic carbocycles. The lowest BCUT2D eigenvalue weighted by molar-refractivity contribution is 0.0963. The Balaban J connectivity index is 2.29. The number of anilines is 1. The molecule has 4 nitrogen and oxygen atoms in total. The molecular weight excluding hydrogens is 222 g/mol. The second-order valence-corrected chi connectivity index (χ2v) is 4.28. The Labute approximate surface area is 97.1 Å². The van der Waals surface area contributed by atoms with Gasteiger partial charge >= 0.3 is 0 Å². The second kappa shape index (κ2) is 4.32. The van der Waals surface area contributed by atoms with Crippen molar-refractivity contribution in [2.75, 3.05) is 12.8 Å². The van der Waals surface area contributed by atoms with Crippen molar-refractivity contribution in [3.05, 3.63) is 36.0 Å². The number of nitrogen functional groups attached to an aromatic ring is 1. The van der Waals surface area contributed by atoms with E-state index < -0.39 is 0 Å². The molecule has 0 aliphatic heterocycles. The lowest BCUT2D eigenvalue weighted by atomic mass is 10.1. The first kappa shape index (κ1) is 10.6. The van der Waals surface area contributed by atoms with E-state index in [0.29, 0.717) is 10.7 Å². The zero-order chi connectivity index (χ0) is 11.5. The molecule has 1 aromatic carbocycles. The van der Waals surface area contributed by atoms with Gasteiger partial charge in [-0.2, -0.15) is 0 Å². The maximum absolute atomic E-state index is 11.3. The lowest BCUT2D eigenvalue weighted by Crippen LogP contribution is -2.17. The number of aromatic nitrogens is 1. The Morgan fingerprint density at radius 2 is 2.06 bits per heavy atom. The number of hydrogen-bond acceptors (Lipinski definition) is 4. The molecule has 5 heteroatoms. The highest BCUT2D eigenvalue weighted by Gasteiger charge is 2.05. The molecule has 0 bridgehead atoms. The molecule has 3 N–H and O–H groups in total. The molecule has 82 valence electrons. The maximum atomic E-state index is 11.3. The average Bonchev–Trinajstić information content (AvgIpc) is 2.75. The summed E-state index contributed by atoms with van der Waals surface area (Å²) < 4.78 is 0. The number of nitrogens with zero attached hydrogens (tertiary/aromatic N) is 1. The quantitative estimate of drug-likeness (QED) is 0.830. The summed E-state index contributed by atoms with van der Waals surface area (Å²) in [6, 6.07) is 7.34. The number of carbonyl (C=O) groups is 1. The van der Waals surface area contributed by atoms with Crippen LogP contribution in [0.15, 0.2) is 30.5 Å². The third-order valence-corrected chi connectivity index (χ3v) is 3.06. The maximum Gasteiger partial charge on any atom is 0.251 e. The van der Waals surface area contributed by atoms with E-state index in [4.69, 9.17) is 5.73 Å². The molecule has 0 aliphatic rings. The molecule has 2 rings (SSSR count). The van der Waals surface area contributed by atoms with Gasteiger partial charge in [-0.15, -0.1) is 0 Å². The van der Waals surface area contributed by atoms with E-state index >= 15 is 0 Å². The number of rotatable bonds is 2. The summed E-state index contributed by atoms with van der Waals surface area (Å²) in [4.78, 5) is 16.3. The van der Waals surface area contributed by atoms with Gasteiger partial charge in [-0.1, -0.05) is 23.5 Å². The molecule has 0 saturated heterocycles. The van der Waals surface area contributed by atoms with Crippen LogP contribution in [0.1, 0.15) is 10.4 Å². The Kier molecular flexibility index (Phi) is 2.87. The zero-order valence-electron chi connectivity index (χ0n) is 8.73. The largest absolute Gasteiger partial charge is 0.375 e. The Morgan fingerprint density at radius 3 is 2.56 bits per heavy atom. The summed E-state index contributed by atoms with van der Waals surface area (Å²) in [5.41, 5.74) is 7.22. The number of amides is 1. The zero-order valence-corrected chi connectivity index (χ0v) is 9.54. The third-order valence-electron chi connectivity index (χ3n) is 2.18. The minimum Gasteiger partial charge on any atom is -0.375 e. The van der Waals surface area contributed by atoms with Crippen molar-refractivity contribution < 1.29 is 4.79 Å². The van der Waals surface area contributed by atoms with Gasteiger partial charge < -0.3 is 11.1 Å². The average molecular weight is 233 g/mol. The van der Waals surface area contributed by atoms with Crippen molar-refractivity contribution in [1.29, 1.82) is 0 Å². The van der Waals surface area contributed by atoms with Crippen LogP contribution in [0.5, 0.6) is 0 Å². The minimum absolute atomic E-state index is 0.0876. The summed E-state index contributed by atoms with van der Waals surface area (Å²) in [6.07, 6.45) is 1.73. The van der Waals surface area contributed by atoms with Crippen LogP contribution in [0.3, 0.4) is 0 Å². The highest BCUT2D eigenvalue weighted by molar-refractivity contribution is 7.18. The molecule has 16 heavy (non-hydrogen) atoms. The predicted molar refractivity (Wildman–Crippen MR) is 65.4 cm³/mol. The predicted octanol–water partition coefficient (Wildman–Crippen LogP) is 1.75. The monoisotopic (exact) mass is 233 g/mol. The summed E-state index contributed by atoms with van der Waals surface area (Å²) in [5, 5.41) is 3.12. The second-order valence-electron chi connectivity index (χ2n) is 3.22. The van der Waals surface area contributed by atoms with Crippen LogP contribution >= 0.6 is 11.3 Å². The summed E-state index contributed by atoms with van der Waals surface area (Å²) in [7, 11) is 1.61. The lowest BCUT2D eigenvalue weighted by Gasteiger charge is -2.00. The fourth-order valence-corrected chi connectivity index (χ4v) is 2.04. The van der Waals surface area contributed by atoms with Gasteiger partial charge in [-0.3, -0.25) is 4.79 Å². The molecular formula is C11H11N3OS. The normalized spacial score (nSPS) is 10.1. The highest BCUT2D eigenvalue weighted by Crippen LogP contribution is 2.27. The highest BCUT2D eigenvalue weighted by atomic mass is 32.1. The topological polar surface area (TPSA) is 68.0 Å². The first-order chi connectivity index (χ1) is 7.70. The standard InChI is InChI=1S/C11H11N3OS/c1-13-10(15)8-4-2-7(3-5-8)9-6-14-11(12)16-9/h2-6H,1H3,(H2,12,14)(H,13,15). The van der Waals surface area contributed by atoms with Gasteiger partial charge in [0.15, 0.2) is 5.13 Å². The minimum atomic E-state index is -0.0876. The van der Waals surface area contributed by atoms with E-state index in [0.717, 1.165) is 10.4 Å². The number of thiazole rings is 1. The van der Waals surface area contributed by atoms with Crippen molar-refractivity contribution in [2.24, 2.45) is 0 Å². The van der Waals surface area contributed by atoms with E-state index in [1.54, 1.807) is 25.4 Å². The number of nitrogens with two attached hydrogens (primary N) is 1. The van der Waals surface area contributed by atoms with Crippen molar-refractivity contribution in [3.63, 3.8) is 0 Å². The van der Waals surface area contributed by atoms with Gasteiger partial charge in [-0.05, 0) is 17.7 Å². The molecule has 0 radical (unpaired) electrons. The molecule has 2 aromatic rings. The van der Waals surface area contributed by atoms with Crippen LogP contribution in [0.4, 0.5) is 5.13 Å². The molecule has 0 fully saturated rings.